The number of likely N-dealkylation sites (N-methyl/N-ethyl adjacent to an activating group) is 3. The Morgan fingerprint density at radius 2 is 1.12 bits per heavy atom. The first-order valence-corrected chi connectivity index (χ1v) is 13.8. The van der Waals surface area contributed by atoms with Gasteiger partial charge in [-0.25, -0.2) is 0 Å². The van der Waals surface area contributed by atoms with Crippen LogP contribution in [0.1, 0.15) is 20.8 Å². The van der Waals surface area contributed by atoms with Crippen molar-refractivity contribution in [2.45, 2.75) is 20.8 Å². The standard InChI is InChI=1S/C6H14N2O2.C5H15N2O3P.C5H14N2O3S/c1-2-7-3-4-8-5-6(9)10;2*1-2-6-3-4-7-5-11(8,9)10/h7-8H,2-5H2,1H3,(H,9,10);6-7H,2-5H2,1H3,(H2,8,9,10);6-7H,2-5H2,1H3,(H,8,9,10). The maximum atomic E-state index is 10.3. The van der Waals surface area contributed by atoms with Gasteiger partial charge in [-0.3, -0.25) is 13.9 Å². The molecule has 0 aromatic carbocycles. The van der Waals surface area contributed by atoms with E-state index in [9.17, 15) is 17.8 Å². The Morgan fingerprint density at radius 1 is 0.750 bits per heavy atom. The molecule has 0 aliphatic rings. The summed E-state index contributed by atoms with van der Waals surface area (Å²) in [7, 11) is -7.70. The zero-order valence-corrected chi connectivity index (χ0v) is 21.0. The fourth-order valence-electron chi connectivity index (χ4n) is 1.68. The highest BCUT2D eigenvalue weighted by molar-refractivity contribution is 7.85. The molecule has 0 aliphatic carbocycles. The minimum absolute atomic E-state index is 0.0470. The van der Waals surface area contributed by atoms with Crippen LogP contribution in [-0.2, 0) is 19.5 Å². The Balaban J connectivity index is -0.000000395. The van der Waals surface area contributed by atoms with Gasteiger partial charge in [0.1, 0.15) is 5.88 Å². The van der Waals surface area contributed by atoms with Crippen LogP contribution in [0.2, 0.25) is 0 Å². The van der Waals surface area contributed by atoms with Crippen LogP contribution >= 0.6 is 7.60 Å². The van der Waals surface area contributed by atoms with Crippen molar-refractivity contribution in [2.24, 2.45) is 0 Å². The van der Waals surface area contributed by atoms with E-state index in [1.807, 2.05) is 20.8 Å². The highest BCUT2D eigenvalue weighted by Gasteiger charge is 2.10. The van der Waals surface area contributed by atoms with E-state index in [2.05, 4.69) is 31.9 Å². The first-order chi connectivity index (χ1) is 14.9. The van der Waals surface area contributed by atoms with Gasteiger partial charge in [0.2, 0.25) is 0 Å². The zero-order valence-electron chi connectivity index (χ0n) is 19.3. The minimum Gasteiger partial charge on any atom is -0.480 e. The molecule has 0 saturated heterocycles. The van der Waals surface area contributed by atoms with Crippen LogP contribution in [0.5, 0.6) is 0 Å². The summed E-state index contributed by atoms with van der Waals surface area (Å²) >= 11 is 0. The van der Waals surface area contributed by atoms with Gasteiger partial charge in [-0.2, -0.15) is 8.42 Å². The topological polar surface area (TPSA) is 221 Å². The van der Waals surface area contributed by atoms with Crippen molar-refractivity contribution in [3.05, 3.63) is 0 Å². The van der Waals surface area contributed by atoms with E-state index < -0.39 is 23.7 Å². The number of carboxylic acids is 1. The summed E-state index contributed by atoms with van der Waals surface area (Å²) in [6.07, 6.45) is -0.238. The van der Waals surface area contributed by atoms with Gasteiger partial charge in [0.25, 0.3) is 10.1 Å². The third-order valence-corrected chi connectivity index (χ3v) is 4.27. The van der Waals surface area contributed by atoms with Crippen LogP contribution in [0.3, 0.4) is 0 Å². The van der Waals surface area contributed by atoms with Gasteiger partial charge < -0.3 is 46.8 Å². The average Bonchev–Trinajstić information content (AvgIpc) is 2.67. The van der Waals surface area contributed by atoms with E-state index in [4.69, 9.17) is 19.4 Å². The van der Waals surface area contributed by atoms with Gasteiger partial charge in [-0.1, -0.05) is 20.8 Å². The van der Waals surface area contributed by atoms with Crippen LogP contribution in [0, 0.1) is 0 Å². The molecule has 0 bridgehead atoms. The quantitative estimate of drug-likeness (QED) is 0.0529. The van der Waals surface area contributed by atoms with E-state index in [0.29, 0.717) is 26.2 Å². The van der Waals surface area contributed by atoms with Crippen molar-refractivity contribution < 1.29 is 37.2 Å². The summed E-state index contributed by atoms with van der Waals surface area (Å²) in [6, 6.07) is 0. The number of nitrogens with one attached hydrogen (secondary N) is 6. The smallest absolute Gasteiger partial charge is 0.339 e. The fourth-order valence-corrected chi connectivity index (χ4v) is 2.53. The van der Waals surface area contributed by atoms with Crippen molar-refractivity contribution >= 4 is 23.7 Å². The fraction of sp³-hybridized carbons (Fsp3) is 0.938. The molecule has 14 nitrogen and oxygen atoms in total. The molecule has 0 amide bonds. The monoisotopic (exact) mass is 510 g/mol. The summed E-state index contributed by atoms with van der Waals surface area (Å²) in [5.74, 6) is -1.19. The number of aliphatic carboxylic acids is 1. The summed E-state index contributed by atoms with van der Waals surface area (Å²) in [5.41, 5.74) is 0. The second-order valence-corrected chi connectivity index (χ2v) is 9.28. The SMILES string of the molecule is CCNCCNCC(=O)O.CCNCCNCP(=O)(O)O.CCNCCNCS(=O)(=O)O. The molecular formula is C16H43N6O8PS. The lowest BCUT2D eigenvalue weighted by atomic mass is 10.5. The molecule has 0 rings (SSSR count). The zero-order chi connectivity index (χ0) is 25.3. The normalized spacial score (nSPS) is 11.2. The van der Waals surface area contributed by atoms with E-state index in [0.717, 1.165) is 32.7 Å². The molecule has 0 heterocycles. The molecular weight excluding hydrogens is 467 g/mol. The lowest BCUT2D eigenvalue weighted by Crippen LogP contribution is -2.30. The van der Waals surface area contributed by atoms with Gasteiger partial charge in [-0.05, 0) is 19.6 Å². The van der Waals surface area contributed by atoms with Crippen molar-refractivity contribution in [1.29, 1.82) is 0 Å². The highest BCUT2D eigenvalue weighted by Crippen LogP contribution is 2.31. The summed E-state index contributed by atoms with van der Waals surface area (Å²) < 4.78 is 38.8. The second kappa shape index (κ2) is 24.9. The van der Waals surface area contributed by atoms with Crippen molar-refractivity contribution in [2.75, 3.05) is 77.6 Å². The van der Waals surface area contributed by atoms with E-state index in [1.54, 1.807) is 0 Å². The number of carbonyl (C=O) groups is 1. The Hall–Kier alpha value is -0.710. The molecule has 0 radical (unpaired) electrons. The summed E-state index contributed by atoms with van der Waals surface area (Å²) in [6.45, 7) is 12.7. The molecule has 0 aliphatic heterocycles. The predicted molar refractivity (Wildman–Crippen MR) is 125 cm³/mol. The Bertz CT molecular complexity index is 565. The van der Waals surface area contributed by atoms with Gasteiger partial charge in [0.15, 0.2) is 0 Å². The number of carboxylic acid groups (broad SMARTS) is 1. The molecule has 10 N–H and O–H groups in total. The third kappa shape index (κ3) is 47.2. The van der Waals surface area contributed by atoms with Crippen LogP contribution in [-0.4, -0.2) is 111 Å². The molecule has 0 aromatic rings. The van der Waals surface area contributed by atoms with Gasteiger partial charge in [0.05, 0.1) is 12.8 Å². The predicted octanol–water partition coefficient (Wildman–Crippen LogP) is -2.38. The lowest BCUT2D eigenvalue weighted by Gasteiger charge is -2.05. The first kappa shape index (κ1) is 35.9. The van der Waals surface area contributed by atoms with Crippen molar-refractivity contribution in [3.63, 3.8) is 0 Å². The Morgan fingerprint density at radius 3 is 1.47 bits per heavy atom. The number of hydrogen-bond donors (Lipinski definition) is 10. The second-order valence-electron chi connectivity index (χ2n) is 6.18. The maximum absolute atomic E-state index is 10.3. The van der Waals surface area contributed by atoms with Crippen LogP contribution in [0.25, 0.3) is 0 Å². The molecule has 32 heavy (non-hydrogen) atoms. The number of rotatable bonds is 18. The lowest BCUT2D eigenvalue weighted by molar-refractivity contribution is -0.135. The van der Waals surface area contributed by atoms with Crippen molar-refractivity contribution in [1.82, 2.24) is 31.9 Å². The molecule has 196 valence electrons. The number of hydrogen-bond acceptors (Lipinski definition) is 10. The minimum atomic E-state index is -3.85. The van der Waals surface area contributed by atoms with E-state index in [1.165, 1.54) is 0 Å². The molecule has 0 atom stereocenters. The first-order valence-electron chi connectivity index (χ1n) is 10.3. The average molecular weight is 511 g/mol. The van der Waals surface area contributed by atoms with Gasteiger partial charge in [0, 0.05) is 39.3 Å². The van der Waals surface area contributed by atoms with Gasteiger partial charge in [-0.15, -0.1) is 0 Å². The molecule has 0 fully saturated rings. The van der Waals surface area contributed by atoms with E-state index in [-0.39, 0.29) is 18.7 Å². The Kier molecular flexibility index (Phi) is 27.9. The van der Waals surface area contributed by atoms with Crippen LogP contribution in [0.4, 0.5) is 0 Å². The van der Waals surface area contributed by atoms with Crippen LogP contribution in [0.15, 0.2) is 0 Å². The molecule has 0 unspecified atom stereocenters. The Labute approximate surface area is 191 Å². The summed E-state index contributed by atoms with van der Waals surface area (Å²) in [5, 5.41) is 25.2. The molecule has 0 saturated carbocycles. The largest absolute Gasteiger partial charge is 0.480 e. The highest BCUT2D eigenvalue weighted by atomic mass is 32.2. The van der Waals surface area contributed by atoms with Crippen molar-refractivity contribution in [3.8, 4) is 0 Å². The van der Waals surface area contributed by atoms with Crippen LogP contribution < -0.4 is 31.9 Å². The third-order valence-electron chi connectivity index (χ3n) is 3.06. The molecule has 0 spiro atoms. The summed E-state index contributed by atoms with van der Waals surface area (Å²) in [4.78, 5) is 26.8. The molecule has 0 aromatic heterocycles. The maximum Gasteiger partial charge on any atom is 0.339 e. The molecule has 16 heteroatoms. The van der Waals surface area contributed by atoms with E-state index >= 15 is 0 Å². The van der Waals surface area contributed by atoms with Gasteiger partial charge >= 0.3 is 13.6 Å².